The highest BCUT2D eigenvalue weighted by atomic mass is 19.4. The van der Waals surface area contributed by atoms with E-state index < -0.39 is 18.0 Å². The van der Waals surface area contributed by atoms with Crippen molar-refractivity contribution in [1.82, 2.24) is 24.6 Å². The third-order valence-electron chi connectivity index (χ3n) is 7.52. The molecular formula is C27H29F4N5O2. The Kier molecular flexibility index (Phi) is 7.02. The van der Waals surface area contributed by atoms with E-state index >= 15 is 0 Å². The number of hydrogen-bond donors (Lipinski definition) is 2. The number of aromatic nitrogens is 4. The number of amides is 1. The number of H-pyrrole nitrogens is 2. The van der Waals surface area contributed by atoms with Gasteiger partial charge in [0.25, 0.3) is 5.56 Å². The third kappa shape index (κ3) is 5.19. The molecule has 0 spiro atoms. The molecule has 0 saturated carbocycles. The molecule has 1 aliphatic heterocycles. The lowest BCUT2D eigenvalue weighted by Crippen LogP contribution is -2.45. The van der Waals surface area contributed by atoms with E-state index in [0.29, 0.717) is 48.5 Å². The van der Waals surface area contributed by atoms with E-state index in [1.54, 1.807) is 12.1 Å². The summed E-state index contributed by atoms with van der Waals surface area (Å²) < 4.78 is 53.8. The Labute approximate surface area is 215 Å². The summed E-state index contributed by atoms with van der Waals surface area (Å²) in [6.45, 7) is 1.42. The van der Waals surface area contributed by atoms with E-state index in [0.717, 1.165) is 30.5 Å². The number of alkyl halides is 3. The first-order chi connectivity index (χ1) is 18.1. The fourth-order valence-electron chi connectivity index (χ4n) is 5.16. The number of carbonyl (C=O) groups is 1. The van der Waals surface area contributed by atoms with Crippen molar-refractivity contribution in [3.8, 4) is 17.2 Å². The van der Waals surface area contributed by atoms with Crippen LogP contribution in [0.2, 0.25) is 0 Å². The number of rotatable bonds is 6. The van der Waals surface area contributed by atoms with Crippen molar-refractivity contribution in [3.63, 3.8) is 0 Å². The molecule has 0 bridgehead atoms. The SMILES string of the molecule is CC(C(=O)N1CCC(CCc2c(-c3ccc(F)cc3)[nH]n(-c3nc4c([nH]3)=CCCC=4)c2=O)CC1)C(F)(F)F. The third-order valence-corrected chi connectivity index (χ3v) is 7.52. The number of nitrogens with one attached hydrogen (secondary N) is 2. The molecule has 1 amide bonds. The van der Waals surface area contributed by atoms with Crippen LogP contribution in [0.1, 0.15) is 44.6 Å². The molecule has 1 saturated heterocycles. The molecule has 3 aromatic rings. The molecule has 38 heavy (non-hydrogen) atoms. The fraction of sp³-hybridized carbons (Fsp3) is 0.444. The maximum atomic E-state index is 13.6. The van der Waals surface area contributed by atoms with Crippen LogP contribution in [-0.4, -0.2) is 49.8 Å². The Morgan fingerprint density at radius 3 is 2.47 bits per heavy atom. The van der Waals surface area contributed by atoms with Crippen LogP contribution in [0, 0.1) is 17.7 Å². The number of carbonyl (C=O) groups excluding carboxylic acids is 1. The average molecular weight is 532 g/mol. The summed E-state index contributed by atoms with van der Waals surface area (Å²) in [5.41, 5.74) is 1.50. The van der Waals surface area contributed by atoms with E-state index in [1.807, 2.05) is 12.2 Å². The predicted octanol–water partition coefficient (Wildman–Crippen LogP) is 3.42. The molecule has 0 radical (unpaired) electrons. The van der Waals surface area contributed by atoms with Crippen LogP contribution in [0.25, 0.3) is 29.4 Å². The number of benzene rings is 1. The topological polar surface area (TPSA) is 86.8 Å². The minimum Gasteiger partial charge on any atom is -0.342 e. The monoisotopic (exact) mass is 531 g/mol. The molecule has 1 aromatic carbocycles. The summed E-state index contributed by atoms with van der Waals surface area (Å²) in [4.78, 5) is 34.8. The molecular weight excluding hydrogens is 502 g/mol. The van der Waals surface area contributed by atoms with E-state index in [1.165, 1.54) is 21.7 Å². The van der Waals surface area contributed by atoms with Crippen LogP contribution in [0.15, 0.2) is 29.1 Å². The van der Waals surface area contributed by atoms with Crippen LogP contribution in [0.4, 0.5) is 17.6 Å². The molecule has 2 N–H and O–H groups in total. The lowest BCUT2D eigenvalue weighted by molar-refractivity contribution is -0.186. The summed E-state index contributed by atoms with van der Waals surface area (Å²) in [6, 6.07) is 5.88. The van der Waals surface area contributed by atoms with Crippen molar-refractivity contribution >= 4 is 18.1 Å². The van der Waals surface area contributed by atoms with Crippen molar-refractivity contribution < 1.29 is 22.4 Å². The quantitative estimate of drug-likeness (QED) is 0.478. The zero-order valence-corrected chi connectivity index (χ0v) is 20.9. The van der Waals surface area contributed by atoms with Gasteiger partial charge in [0.05, 0.1) is 16.4 Å². The zero-order valence-electron chi connectivity index (χ0n) is 20.9. The van der Waals surface area contributed by atoms with Crippen molar-refractivity contribution in [2.75, 3.05) is 13.1 Å². The minimum absolute atomic E-state index is 0.157. The molecule has 7 nitrogen and oxygen atoms in total. The number of imidazole rings is 1. The van der Waals surface area contributed by atoms with Gasteiger partial charge in [0, 0.05) is 24.2 Å². The van der Waals surface area contributed by atoms with E-state index in [2.05, 4.69) is 15.1 Å². The Balaban J connectivity index is 1.36. The van der Waals surface area contributed by atoms with Crippen LogP contribution in [0.5, 0.6) is 0 Å². The number of aromatic amines is 2. The van der Waals surface area contributed by atoms with Crippen LogP contribution < -0.4 is 16.3 Å². The maximum absolute atomic E-state index is 13.6. The highest BCUT2D eigenvalue weighted by Gasteiger charge is 2.43. The molecule has 3 heterocycles. The summed E-state index contributed by atoms with van der Waals surface area (Å²) in [7, 11) is 0. The van der Waals surface area contributed by atoms with Gasteiger partial charge >= 0.3 is 6.18 Å². The van der Waals surface area contributed by atoms with Gasteiger partial charge in [-0.2, -0.15) is 17.9 Å². The van der Waals surface area contributed by atoms with E-state index in [-0.39, 0.29) is 30.4 Å². The number of nitrogens with zero attached hydrogens (tertiary/aromatic N) is 3. The van der Waals surface area contributed by atoms with Crippen molar-refractivity contribution in [1.29, 1.82) is 0 Å². The summed E-state index contributed by atoms with van der Waals surface area (Å²) >= 11 is 0. The van der Waals surface area contributed by atoms with Gasteiger partial charge in [-0.15, -0.1) is 0 Å². The van der Waals surface area contributed by atoms with Crippen LogP contribution in [0.3, 0.4) is 0 Å². The summed E-state index contributed by atoms with van der Waals surface area (Å²) in [6.07, 6.45) is 3.45. The Hall–Kier alpha value is -3.63. The second-order valence-electron chi connectivity index (χ2n) is 10.0. The number of fused-ring (bicyclic) bond motifs is 1. The Bertz CT molecular complexity index is 1460. The molecule has 202 valence electrons. The lowest BCUT2D eigenvalue weighted by atomic mass is 9.89. The fourth-order valence-corrected chi connectivity index (χ4v) is 5.16. The minimum atomic E-state index is -4.55. The van der Waals surface area contributed by atoms with Gasteiger partial charge in [0.2, 0.25) is 11.9 Å². The van der Waals surface area contributed by atoms with Gasteiger partial charge in [0.15, 0.2) is 0 Å². The normalized spacial score (nSPS) is 17.0. The number of piperidine rings is 1. The molecule has 5 rings (SSSR count). The predicted molar refractivity (Wildman–Crippen MR) is 134 cm³/mol. The largest absolute Gasteiger partial charge is 0.400 e. The van der Waals surface area contributed by atoms with Crippen molar-refractivity contribution in [3.05, 3.63) is 56.7 Å². The first-order valence-electron chi connectivity index (χ1n) is 12.8. The Morgan fingerprint density at radius 2 is 1.82 bits per heavy atom. The van der Waals surface area contributed by atoms with Crippen molar-refractivity contribution in [2.45, 2.75) is 51.6 Å². The molecule has 11 heteroatoms. The molecule has 2 aliphatic rings. The second-order valence-corrected chi connectivity index (χ2v) is 10.0. The molecule has 1 unspecified atom stereocenters. The van der Waals surface area contributed by atoms with Crippen LogP contribution in [-0.2, 0) is 11.2 Å². The second kappa shape index (κ2) is 10.3. The number of hydrogen-bond acceptors (Lipinski definition) is 3. The van der Waals surface area contributed by atoms with E-state index in [9.17, 15) is 27.2 Å². The van der Waals surface area contributed by atoms with Gasteiger partial charge in [-0.1, -0.05) is 12.2 Å². The number of halogens is 4. The summed E-state index contributed by atoms with van der Waals surface area (Å²) in [5, 5.41) is 4.80. The number of likely N-dealkylation sites (tertiary alicyclic amines) is 1. The van der Waals surface area contributed by atoms with Crippen molar-refractivity contribution in [2.24, 2.45) is 11.8 Å². The first kappa shape index (κ1) is 26.0. The average Bonchev–Trinajstić information content (AvgIpc) is 3.47. The highest BCUT2D eigenvalue weighted by Crippen LogP contribution is 2.30. The van der Waals surface area contributed by atoms with Gasteiger partial charge in [-0.05, 0) is 75.6 Å². The zero-order chi connectivity index (χ0) is 27.0. The van der Waals surface area contributed by atoms with Crippen LogP contribution >= 0.6 is 0 Å². The first-order valence-corrected chi connectivity index (χ1v) is 12.8. The molecule has 1 fully saturated rings. The Morgan fingerprint density at radius 1 is 1.13 bits per heavy atom. The van der Waals surface area contributed by atoms with Gasteiger partial charge in [-0.3, -0.25) is 14.7 Å². The van der Waals surface area contributed by atoms with E-state index in [4.69, 9.17) is 0 Å². The lowest BCUT2D eigenvalue weighted by Gasteiger charge is -2.34. The molecule has 1 atom stereocenters. The standard InChI is InChI=1S/C27H29F4N5O2/c1-16(27(29,30)31)24(37)35-14-12-17(13-15-35)6-11-20-23(18-7-9-19(28)10-8-18)34-36(25(20)38)26-32-21-4-2-3-5-22(21)33-26/h4-5,7-10,16-17,34H,2-3,6,11-15H2,1H3,(H,32,33). The summed E-state index contributed by atoms with van der Waals surface area (Å²) in [5.74, 6) is -2.77. The molecule has 1 aliphatic carbocycles. The highest BCUT2D eigenvalue weighted by molar-refractivity contribution is 5.79. The smallest absolute Gasteiger partial charge is 0.342 e. The maximum Gasteiger partial charge on any atom is 0.400 e. The van der Waals surface area contributed by atoms with Gasteiger partial charge in [0.1, 0.15) is 11.7 Å². The van der Waals surface area contributed by atoms with Gasteiger partial charge < -0.3 is 9.88 Å². The van der Waals surface area contributed by atoms with Gasteiger partial charge in [-0.25, -0.2) is 9.37 Å². The molecule has 2 aromatic heterocycles.